The first kappa shape index (κ1) is 23.1. The summed E-state index contributed by atoms with van der Waals surface area (Å²) in [5, 5.41) is 16.6. The van der Waals surface area contributed by atoms with Gasteiger partial charge in [-0.3, -0.25) is 9.59 Å². The zero-order chi connectivity index (χ0) is 23.6. The van der Waals surface area contributed by atoms with Gasteiger partial charge in [0.25, 0.3) is 11.8 Å². The van der Waals surface area contributed by atoms with Gasteiger partial charge in [-0.25, -0.2) is 5.43 Å². The van der Waals surface area contributed by atoms with Crippen LogP contribution in [0, 0.1) is 0 Å². The number of carbonyl (C=O) groups is 2. The predicted octanol–water partition coefficient (Wildman–Crippen LogP) is 3.33. The number of hydrogen-bond acceptors (Lipinski definition) is 6. The number of methoxy groups -OCH3 is 2. The third-order valence-electron chi connectivity index (χ3n) is 4.52. The van der Waals surface area contributed by atoms with E-state index in [1.54, 1.807) is 48.5 Å². The number of nitrogens with zero attached hydrogens (tertiary/aromatic N) is 1. The minimum atomic E-state index is -0.614. The van der Waals surface area contributed by atoms with Gasteiger partial charge >= 0.3 is 0 Å². The van der Waals surface area contributed by atoms with Crippen LogP contribution in [0.3, 0.4) is 0 Å². The molecule has 0 aromatic heterocycles. The maximum atomic E-state index is 12.8. The summed E-state index contributed by atoms with van der Waals surface area (Å²) in [5.74, 6) is -0.788. The Morgan fingerprint density at radius 1 is 0.879 bits per heavy atom. The van der Waals surface area contributed by atoms with E-state index in [1.807, 2.05) is 18.2 Å². The number of aromatic hydroxyl groups is 1. The molecule has 0 aliphatic heterocycles. The van der Waals surface area contributed by atoms with Crippen molar-refractivity contribution in [2.45, 2.75) is 0 Å². The van der Waals surface area contributed by atoms with Crippen molar-refractivity contribution in [1.82, 2.24) is 10.7 Å². The van der Waals surface area contributed by atoms with E-state index in [9.17, 15) is 14.7 Å². The number of hydrogen-bond donors (Lipinski definition) is 3. The Labute approximate surface area is 191 Å². The van der Waals surface area contributed by atoms with Gasteiger partial charge < -0.3 is 19.9 Å². The van der Waals surface area contributed by atoms with Gasteiger partial charge in [0.15, 0.2) is 11.5 Å². The highest BCUT2D eigenvalue weighted by atomic mass is 16.5. The van der Waals surface area contributed by atoms with Crippen LogP contribution in [0.2, 0.25) is 0 Å². The van der Waals surface area contributed by atoms with Crippen molar-refractivity contribution in [3.05, 3.63) is 95.2 Å². The van der Waals surface area contributed by atoms with Crippen LogP contribution in [-0.4, -0.2) is 37.4 Å². The highest BCUT2D eigenvalue weighted by molar-refractivity contribution is 6.05. The van der Waals surface area contributed by atoms with Crippen LogP contribution in [0.4, 0.5) is 0 Å². The molecule has 0 aliphatic rings. The normalized spacial score (nSPS) is 11.2. The molecule has 3 rings (SSSR count). The molecule has 3 aromatic rings. The number of amides is 2. The Balaban J connectivity index is 1.80. The van der Waals surface area contributed by atoms with E-state index in [2.05, 4.69) is 15.8 Å². The van der Waals surface area contributed by atoms with Crippen LogP contribution in [0.5, 0.6) is 17.2 Å². The van der Waals surface area contributed by atoms with Gasteiger partial charge in [0.05, 0.1) is 20.4 Å². The summed E-state index contributed by atoms with van der Waals surface area (Å²) in [6, 6.07) is 20.7. The van der Waals surface area contributed by atoms with E-state index in [4.69, 9.17) is 9.47 Å². The van der Waals surface area contributed by atoms with E-state index in [-0.39, 0.29) is 22.9 Å². The van der Waals surface area contributed by atoms with Crippen molar-refractivity contribution in [2.24, 2.45) is 5.10 Å². The average molecular weight is 445 g/mol. The van der Waals surface area contributed by atoms with Crippen LogP contribution in [-0.2, 0) is 4.79 Å². The van der Waals surface area contributed by atoms with Crippen LogP contribution in [0.25, 0.3) is 6.08 Å². The number of nitrogens with one attached hydrogen (secondary N) is 2. The quantitative estimate of drug-likeness (QED) is 0.280. The van der Waals surface area contributed by atoms with Gasteiger partial charge in [0.1, 0.15) is 5.70 Å². The molecule has 0 saturated heterocycles. The Kier molecular flexibility index (Phi) is 7.80. The number of carbonyl (C=O) groups excluding carboxylic acids is 2. The second-order valence-electron chi connectivity index (χ2n) is 6.76. The first-order valence-corrected chi connectivity index (χ1v) is 9.93. The molecule has 33 heavy (non-hydrogen) atoms. The summed E-state index contributed by atoms with van der Waals surface area (Å²) >= 11 is 0. The topological polar surface area (TPSA) is 109 Å². The number of ether oxygens (including phenoxy) is 2. The van der Waals surface area contributed by atoms with E-state index >= 15 is 0 Å². The van der Waals surface area contributed by atoms with Crippen molar-refractivity contribution in [3.63, 3.8) is 0 Å². The van der Waals surface area contributed by atoms with Crippen molar-refractivity contribution >= 4 is 24.1 Å². The SMILES string of the molecule is COc1cc(/C=N/NC(=O)/C(=C\c2ccccc2)NC(=O)c2ccccc2)cc(OC)c1O. The molecule has 0 radical (unpaired) electrons. The third kappa shape index (κ3) is 6.20. The zero-order valence-electron chi connectivity index (χ0n) is 18.1. The van der Waals surface area contributed by atoms with Crippen molar-refractivity contribution in [3.8, 4) is 17.2 Å². The first-order chi connectivity index (χ1) is 16.0. The van der Waals surface area contributed by atoms with Gasteiger partial charge in [-0.1, -0.05) is 48.5 Å². The molecule has 0 heterocycles. The maximum Gasteiger partial charge on any atom is 0.287 e. The Morgan fingerprint density at radius 2 is 1.45 bits per heavy atom. The molecule has 0 atom stereocenters. The molecule has 2 amide bonds. The smallest absolute Gasteiger partial charge is 0.287 e. The Bertz CT molecular complexity index is 1150. The van der Waals surface area contributed by atoms with Crippen LogP contribution in [0.15, 0.2) is 83.6 Å². The number of phenolic OH excluding ortho intramolecular Hbond substituents is 1. The lowest BCUT2D eigenvalue weighted by molar-refractivity contribution is -0.117. The lowest BCUT2D eigenvalue weighted by atomic mass is 10.1. The van der Waals surface area contributed by atoms with Crippen molar-refractivity contribution in [2.75, 3.05) is 14.2 Å². The van der Waals surface area contributed by atoms with Gasteiger partial charge in [0.2, 0.25) is 5.75 Å². The molecule has 0 unspecified atom stereocenters. The van der Waals surface area contributed by atoms with E-state index in [0.29, 0.717) is 11.1 Å². The summed E-state index contributed by atoms with van der Waals surface area (Å²) in [6.45, 7) is 0. The standard InChI is InChI=1S/C25H23N3O5/c1-32-21-14-18(15-22(33-2)23(21)29)16-26-28-25(31)20(13-17-9-5-3-6-10-17)27-24(30)19-11-7-4-8-12-19/h3-16,29H,1-2H3,(H,27,30)(H,28,31)/b20-13+,26-16+. The summed E-state index contributed by atoms with van der Waals surface area (Å²) < 4.78 is 10.2. The molecule has 0 saturated carbocycles. The van der Waals surface area contributed by atoms with Crippen LogP contribution >= 0.6 is 0 Å². The number of phenols is 1. The summed E-state index contributed by atoms with van der Waals surface area (Å²) in [7, 11) is 2.82. The molecule has 8 heteroatoms. The monoisotopic (exact) mass is 445 g/mol. The molecule has 8 nitrogen and oxygen atoms in total. The fourth-order valence-corrected chi connectivity index (χ4v) is 2.87. The highest BCUT2D eigenvalue weighted by Crippen LogP contribution is 2.36. The van der Waals surface area contributed by atoms with E-state index in [0.717, 1.165) is 5.56 Å². The fraction of sp³-hybridized carbons (Fsp3) is 0.0800. The van der Waals surface area contributed by atoms with Crippen LogP contribution in [0.1, 0.15) is 21.5 Å². The Hall–Kier alpha value is -4.59. The molecule has 3 N–H and O–H groups in total. The fourth-order valence-electron chi connectivity index (χ4n) is 2.87. The van der Waals surface area contributed by atoms with Gasteiger partial charge in [-0.2, -0.15) is 5.10 Å². The second-order valence-corrected chi connectivity index (χ2v) is 6.76. The average Bonchev–Trinajstić information content (AvgIpc) is 2.85. The number of hydrazone groups is 1. The molecule has 0 spiro atoms. The molecule has 0 fully saturated rings. The predicted molar refractivity (Wildman–Crippen MR) is 125 cm³/mol. The molecule has 168 valence electrons. The summed E-state index contributed by atoms with van der Waals surface area (Å²) in [6.07, 6.45) is 2.92. The summed E-state index contributed by atoms with van der Waals surface area (Å²) in [4.78, 5) is 25.4. The van der Waals surface area contributed by atoms with Gasteiger partial charge in [-0.05, 0) is 35.9 Å². The molecule has 0 aliphatic carbocycles. The molecular formula is C25H23N3O5. The zero-order valence-corrected chi connectivity index (χ0v) is 18.1. The van der Waals surface area contributed by atoms with E-state index < -0.39 is 11.8 Å². The molecule has 3 aromatic carbocycles. The second kappa shape index (κ2) is 11.1. The van der Waals surface area contributed by atoms with Crippen molar-refractivity contribution < 1.29 is 24.2 Å². The van der Waals surface area contributed by atoms with E-state index in [1.165, 1.54) is 32.6 Å². The van der Waals surface area contributed by atoms with Gasteiger partial charge in [-0.15, -0.1) is 0 Å². The highest BCUT2D eigenvalue weighted by Gasteiger charge is 2.14. The number of rotatable bonds is 8. The number of benzene rings is 3. The van der Waals surface area contributed by atoms with Crippen LogP contribution < -0.4 is 20.2 Å². The minimum absolute atomic E-state index is 0.0214. The first-order valence-electron chi connectivity index (χ1n) is 9.93. The lowest BCUT2D eigenvalue weighted by Gasteiger charge is -2.10. The van der Waals surface area contributed by atoms with Crippen molar-refractivity contribution in [1.29, 1.82) is 0 Å². The van der Waals surface area contributed by atoms with Gasteiger partial charge in [0, 0.05) is 11.1 Å². The molecule has 0 bridgehead atoms. The molecular weight excluding hydrogens is 422 g/mol. The third-order valence-corrected chi connectivity index (χ3v) is 4.52. The maximum absolute atomic E-state index is 12.8. The Morgan fingerprint density at radius 3 is 2.03 bits per heavy atom. The largest absolute Gasteiger partial charge is 0.502 e. The lowest BCUT2D eigenvalue weighted by Crippen LogP contribution is -2.32. The summed E-state index contributed by atoms with van der Waals surface area (Å²) in [5.41, 5.74) is 4.08. The minimum Gasteiger partial charge on any atom is -0.502 e.